The van der Waals surface area contributed by atoms with Gasteiger partial charge in [0, 0.05) is 11.1 Å². The first-order chi connectivity index (χ1) is 10.3. The SMILES string of the molecule is C=Cc1cc(C(S)(S)CC)cc(C(C)(CC)CC)c1OCC. The van der Waals surface area contributed by atoms with E-state index in [9.17, 15) is 0 Å². The fraction of sp³-hybridized carbons (Fsp3) is 0.579. The summed E-state index contributed by atoms with van der Waals surface area (Å²) in [5.41, 5.74) is 3.46. The number of thiol groups is 2. The van der Waals surface area contributed by atoms with Crippen molar-refractivity contribution < 1.29 is 4.74 Å². The molecule has 1 nitrogen and oxygen atoms in total. The van der Waals surface area contributed by atoms with Crippen molar-refractivity contribution in [3.8, 4) is 5.75 Å². The van der Waals surface area contributed by atoms with E-state index >= 15 is 0 Å². The van der Waals surface area contributed by atoms with Crippen molar-refractivity contribution in [1.82, 2.24) is 0 Å². The monoisotopic (exact) mass is 338 g/mol. The largest absolute Gasteiger partial charge is 0.493 e. The van der Waals surface area contributed by atoms with E-state index < -0.39 is 4.08 Å². The van der Waals surface area contributed by atoms with Crippen molar-refractivity contribution >= 4 is 31.3 Å². The minimum absolute atomic E-state index is 0.0731. The Bertz CT molecular complexity index is 516. The van der Waals surface area contributed by atoms with E-state index in [0.717, 1.165) is 36.1 Å². The molecule has 1 rings (SSSR count). The summed E-state index contributed by atoms with van der Waals surface area (Å²) in [6.45, 7) is 15.5. The molecule has 0 saturated heterocycles. The summed E-state index contributed by atoms with van der Waals surface area (Å²) in [7, 11) is 0. The third-order valence-electron chi connectivity index (χ3n) is 4.79. The number of benzene rings is 1. The molecule has 124 valence electrons. The van der Waals surface area contributed by atoms with Crippen LogP contribution in [0, 0.1) is 0 Å². The highest BCUT2D eigenvalue weighted by molar-refractivity contribution is 7.99. The molecule has 0 unspecified atom stereocenters. The van der Waals surface area contributed by atoms with Gasteiger partial charge in [0.2, 0.25) is 0 Å². The topological polar surface area (TPSA) is 9.23 Å². The molecule has 0 bridgehead atoms. The number of hydrogen-bond donors (Lipinski definition) is 2. The van der Waals surface area contributed by atoms with Gasteiger partial charge < -0.3 is 4.74 Å². The summed E-state index contributed by atoms with van der Waals surface area (Å²) >= 11 is 9.48. The molecule has 0 radical (unpaired) electrons. The molecule has 1 aromatic carbocycles. The molecule has 0 aliphatic carbocycles. The van der Waals surface area contributed by atoms with Gasteiger partial charge in [0.1, 0.15) is 5.75 Å². The zero-order valence-electron chi connectivity index (χ0n) is 14.6. The predicted octanol–water partition coefficient (Wildman–Crippen LogP) is 6.23. The normalized spacial score (nSPS) is 12.3. The number of rotatable bonds is 8. The molecule has 0 fully saturated rings. The lowest BCUT2D eigenvalue weighted by Crippen LogP contribution is -2.23. The highest BCUT2D eigenvalue weighted by atomic mass is 32.2. The van der Waals surface area contributed by atoms with Gasteiger partial charge in [-0.3, -0.25) is 0 Å². The Hall–Kier alpha value is -0.540. The van der Waals surface area contributed by atoms with E-state index in [1.165, 1.54) is 5.56 Å². The summed E-state index contributed by atoms with van der Waals surface area (Å²) in [4.78, 5) is 0. The molecule has 0 spiro atoms. The van der Waals surface area contributed by atoms with Crippen LogP contribution in [0.2, 0.25) is 0 Å². The smallest absolute Gasteiger partial charge is 0.130 e. The molecule has 0 heterocycles. The van der Waals surface area contributed by atoms with E-state index in [-0.39, 0.29) is 5.41 Å². The van der Waals surface area contributed by atoms with Crippen LogP contribution in [0.1, 0.15) is 70.6 Å². The van der Waals surface area contributed by atoms with E-state index in [1.807, 2.05) is 13.0 Å². The van der Waals surface area contributed by atoms with E-state index in [1.54, 1.807) is 0 Å². The van der Waals surface area contributed by atoms with Crippen molar-refractivity contribution in [2.75, 3.05) is 6.61 Å². The summed E-state index contributed by atoms with van der Waals surface area (Å²) in [5, 5.41) is 0. The Balaban J connectivity index is 3.68. The minimum atomic E-state index is -0.445. The Kier molecular flexibility index (Phi) is 6.94. The molecular formula is C19H30OS2. The highest BCUT2D eigenvalue weighted by Crippen LogP contribution is 2.45. The highest BCUT2D eigenvalue weighted by Gasteiger charge is 2.31. The van der Waals surface area contributed by atoms with Gasteiger partial charge in [-0.05, 0) is 49.3 Å². The van der Waals surface area contributed by atoms with Crippen molar-refractivity contribution in [2.24, 2.45) is 0 Å². The van der Waals surface area contributed by atoms with Gasteiger partial charge in [-0.15, -0.1) is 0 Å². The van der Waals surface area contributed by atoms with Crippen molar-refractivity contribution in [3.05, 3.63) is 35.4 Å². The predicted molar refractivity (Wildman–Crippen MR) is 106 cm³/mol. The molecule has 0 aromatic heterocycles. The molecule has 22 heavy (non-hydrogen) atoms. The van der Waals surface area contributed by atoms with Crippen LogP contribution < -0.4 is 4.74 Å². The van der Waals surface area contributed by atoms with Gasteiger partial charge in [0.25, 0.3) is 0 Å². The molecule has 0 aliphatic rings. The number of hydrogen-bond acceptors (Lipinski definition) is 3. The fourth-order valence-corrected chi connectivity index (χ4v) is 2.88. The summed E-state index contributed by atoms with van der Waals surface area (Å²) in [6, 6.07) is 4.34. The van der Waals surface area contributed by atoms with Gasteiger partial charge in [0.15, 0.2) is 0 Å². The third kappa shape index (κ3) is 3.86. The lowest BCUT2D eigenvalue weighted by molar-refractivity contribution is 0.319. The Morgan fingerprint density at radius 1 is 1.09 bits per heavy atom. The Labute approximate surface area is 147 Å². The van der Waals surface area contributed by atoms with E-state index in [0.29, 0.717) is 6.61 Å². The molecule has 0 amide bonds. The lowest BCUT2D eigenvalue weighted by Gasteiger charge is -2.33. The zero-order chi connectivity index (χ0) is 17.0. The zero-order valence-corrected chi connectivity index (χ0v) is 16.4. The van der Waals surface area contributed by atoms with Crippen molar-refractivity contribution in [2.45, 2.75) is 63.4 Å². The number of ether oxygens (including phenoxy) is 1. The summed E-state index contributed by atoms with van der Waals surface area (Å²) < 4.78 is 5.54. The first-order valence-corrected chi connectivity index (χ1v) is 9.08. The molecule has 0 aliphatic heterocycles. The quantitative estimate of drug-likeness (QED) is 0.422. The van der Waals surface area contributed by atoms with Crippen molar-refractivity contribution in [1.29, 1.82) is 0 Å². The second kappa shape index (κ2) is 7.83. The lowest BCUT2D eigenvalue weighted by atomic mass is 9.76. The van der Waals surface area contributed by atoms with Gasteiger partial charge in [0.05, 0.1) is 10.7 Å². The third-order valence-corrected chi connectivity index (χ3v) is 5.94. The summed E-state index contributed by atoms with van der Waals surface area (Å²) in [5.74, 6) is 0.959. The van der Waals surface area contributed by atoms with Gasteiger partial charge in [-0.1, -0.05) is 40.3 Å². The van der Waals surface area contributed by atoms with Gasteiger partial charge >= 0.3 is 0 Å². The van der Waals surface area contributed by atoms with Crippen LogP contribution in [0.15, 0.2) is 18.7 Å². The van der Waals surface area contributed by atoms with Crippen LogP contribution in [0.4, 0.5) is 0 Å². The molecule has 0 atom stereocenters. The van der Waals surface area contributed by atoms with Crippen LogP contribution in [-0.2, 0) is 9.49 Å². The fourth-order valence-electron chi connectivity index (χ4n) is 2.62. The van der Waals surface area contributed by atoms with Crippen LogP contribution in [0.25, 0.3) is 6.08 Å². The Morgan fingerprint density at radius 3 is 2.09 bits per heavy atom. The van der Waals surface area contributed by atoms with Crippen LogP contribution in [0.3, 0.4) is 0 Å². The molecule has 0 N–H and O–H groups in total. The summed E-state index contributed by atoms with van der Waals surface area (Å²) in [6.07, 6.45) is 4.83. The average Bonchev–Trinajstić information content (AvgIpc) is 2.54. The van der Waals surface area contributed by atoms with Crippen LogP contribution >= 0.6 is 25.3 Å². The molecule has 0 saturated carbocycles. The van der Waals surface area contributed by atoms with Crippen LogP contribution in [-0.4, -0.2) is 6.61 Å². The standard InChI is InChI=1S/C19H30OS2/c1-7-14-12-15(19(21,22)10-4)13-16(17(14)20-11-5)18(6,8-2)9-3/h7,12-13,21-22H,1,8-11H2,2-6H3. The molecular weight excluding hydrogens is 308 g/mol. The van der Waals surface area contributed by atoms with Gasteiger partial charge in [-0.25, -0.2) is 0 Å². The second-order valence-corrected chi connectivity index (χ2v) is 7.90. The van der Waals surface area contributed by atoms with E-state index in [4.69, 9.17) is 30.0 Å². The van der Waals surface area contributed by atoms with Gasteiger partial charge in [-0.2, -0.15) is 25.3 Å². The van der Waals surface area contributed by atoms with Crippen molar-refractivity contribution in [3.63, 3.8) is 0 Å². The minimum Gasteiger partial charge on any atom is -0.493 e. The maximum atomic E-state index is 5.99. The molecule has 3 heteroatoms. The average molecular weight is 339 g/mol. The van der Waals surface area contributed by atoms with Crippen LogP contribution in [0.5, 0.6) is 5.75 Å². The maximum absolute atomic E-state index is 5.99. The Morgan fingerprint density at radius 2 is 1.68 bits per heavy atom. The van der Waals surface area contributed by atoms with E-state index in [2.05, 4.69) is 46.4 Å². The first kappa shape index (κ1) is 19.5. The first-order valence-electron chi connectivity index (χ1n) is 8.18. The maximum Gasteiger partial charge on any atom is 0.130 e. The molecule has 1 aromatic rings. The second-order valence-electron chi connectivity index (χ2n) is 6.02.